The molecule has 1 aliphatic heterocycles. The van der Waals surface area contributed by atoms with Crippen molar-refractivity contribution >= 4 is 17.6 Å². The molecule has 1 aliphatic rings. The number of hydrogen-bond donors (Lipinski definition) is 2. The molecule has 2 aromatic heterocycles. The molecular formula is C16H23N7. The molecule has 0 spiro atoms. The molecule has 0 saturated carbocycles. The van der Waals surface area contributed by atoms with Crippen molar-refractivity contribution in [1.29, 1.82) is 0 Å². The Labute approximate surface area is 136 Å². The Morgan fingerprint density at radius 2 is 2.17 bits per heavy atom. The summed E-state index contributed by atoms with van der Waals surface area (Å²) in [7, 11) is 0. The number of anilines is 3. The van der Waals surface area contributed by atoms with Gasteiger partial charge in [-0.3, -0.25) is 4.98 Å². The summed E-state index contributed by atoms with van der Waals surface area (Å²) in [4.78, 5) is 19.4. The fourth-order valence-corrected chi connectivity index (χ4v) is 2.82. The highest BCUT2D eigenvalue weighted by atomic mass is 15.2. The van der Waals surface area contributed by atoms with Crippen LogP contribution in [0.5, 0.6) is 0 Å². The van der Waals surface area contributed by atoms with Crippen molar-refractivity contribution in [2.24, 2.45) is 0 Å². The molecule has 0 aromatic carbocycles. The summed E-state index contributed by atoms with van der Waals surface area (Å²) in [5.74, 6) is 2.36. The minimum atomic E-state index is 0.306. The van der Waals surface area contributed by atoms with Crippen LogP contribution in [0.1, 0.15) is 38.3 Å². The number of nitrogens with zero attached hydrogens (tertiary/aromatic N) is 5. The molecular weight excluding hydrogens is 290 g/mol. The van der Waals surface area contributed by atoms with Gasteiger partial charge in [0.2, 0.25) is 5.95 Å². The molecule has 2 aromatic rings. The first-order valence-corrected chi connectivity index (χ1v) is 8.04. The highest BCUT2D eigenvalue weighted by Crippen LogP contribution is 2.21. The predicted octanol–water partition coefficient (Wildman–Crippen LogP) is 2.05. The van der Waals surface area contributed by atoms with Crippen molar-refractivity contribution in [3.63, 3.8) is 0 Å². The second-order valence-corrected chi connectivity index (χ2v) is 6.18. The molecule has 3 N–H and O–H groups in total. The molecule has 122 valence electrons. The molecule has 0 aliphatic carbocycles. The molecule has 1 atom stereocenters. The molecule has 7 heteroatoms. The van der Waals surface area contributed by atoms with Crippen LogP contribution in [0, 0.1) is 0 Å². The summed E-state index contributed by atoms with van der Waals surface area (Å²) in [5.41, 5.74) is 6.79. The highest BCUT2D eigenvalue weighted by molar-refractivity contribution is 5.44. The van der Waals surface area contributed by atoms with E-state index in [-0.39, 0.29) is 0 Å². The lowest BCUT2D eigenvalue weighted by molar-refractivity contribution is 0.525. The van der Waals surface area contributed by atoms with E-state index >= 15 is 0 Å². The van der Waals surface area contributed by atoms with E-state index in [1.165, 1.54) is 0 Å². The van der Waals surface area contributed by atoms with Crippen LogP contribution in [0.2, 0.25) is 0 Å². The minimum absolute atomic E-state index is 0.306. The van der Waals surface area contributed by atoms with Crippen LogP contribution in [0.3, 0.4) is 0 Å². The van der Waals surface area contributed by atoms with Gasteiger partial charge in [0.15, 0.2) is 0 Å². The van der Waals surface area contributed by atoms with Crippen LogP contribution < -0.4 is 16.0 Å². The van der Waals surface area contributed by atoms with Crippen LogP contribution in [0.4, 0.5) is 17.6 Å². The number of rotatable bonds is 4. The zero-order valence-electron chi connectivity index (χ0n) is 13.6. The molecule has 3 heterocycles. The van der Waals surface area contributed by atoms with Gasteiger partial charge < -0.3 is 16.0 Å². The summed E-state index contributed by atoms with van der Waals surface area (Å²) >= 11 is 0. The molecule has 0 amide bonds. The molecule has 3 rings (SSSR count). The zero-order chi connectivity index (χ0) is 16.2. The van der Waals surface area contributed by atoms with Crippen LogP contribution >= 0.6 is 0 Å². The van der Waals surface area contributed by atoms with Gasteiger partial charge >= 0.3 is 0 Å². The number of nitrogens with two attached hydrogens (primary N) is 1. The van der Waals surface area contributed by atoms with Crippen molar-refractivity contribution in [3.05, 3.63) is 30.4 Å². The van der Waals surface area contributed by atoms with Crippen LogP contribution in [-0.2, 0) is 0 Å². The smallest absolute Gasteiger partial charge is 0.222 e. The Kier molecular flexibility index (Phi) is 4.55. The third kappa shape index (κ3) is 3.85. The van der Waals surface area contributed by atoms with Gasteiger partial charge in [-0.25, -0.2) is 9.97 Å². The number of aromatic nitrogens is 4. The van der Waals surface area contributed by atoms with Gasteiger partial charge in [-0.15, -0.1) is 0 Å². The van der Waals surface area contributed by atoms with Gasteiger partial charge in [0.1, 0.15) is 11.6 Å². The third-order valence-electron chi connectivity index (χ3n) is 4.00. The maximum Gasteiger partial charge on any atom is 0.222 e. The minimum Gasteiger partial charge on any atom is -0.368 e. The van der Waals surface area contributed by atoms with Crippen molar-refractivity contribution in [1.82, 2.24) is 19.9 Å². The molecule has 1 fully saturated rings. The molecule has 1 saturated heterocycles. The average Bonchev–Trinajstić information content (AvgIpc) is 2.55. The maximum absolute atomic E-state index is 5.83. The monoisotopic (exact) mass is 313 g/mol. The van der Waals surface area contributed by atoms with Gasteiger partial charge in [0.05, 0.1) is 11.9 Å². The molecule has 7 nitrogen and oxygen atoms in total. The Balaban J connectivity index is 1.70. The highest BCUT2D eigenvalue weighted by Gasteiger charge is 2.21. The van der Waals surface area contributed by atoms with Gasteiger partial charge in [-0.1, -0.05) is 13.8 Å². The summed E-state index contributed by atoms with van der Waals surface area (Å²) in [5, 5.41) is 3.50. The second kappa shape index (κ2) is 6.76. The third-order valence-corrected chi connectivity index (χ3v) is 4.00. The quantitative estimate of drug-likeness (QED) is 0.892. The predicted molar refractivity (Wildman–Crippen MR) is 91.4 cm³/mol. The topological polar surface area (TPSA) is 92.8 Å². The van der Waals surface area contributed by atoms with Crippen LogP contribution in [0.15, 0.2) is 24.7 Å². The SMILES string of the molecule is CC(C)c1cc(N[C@@H]2CCCN(c3cnccn3)C2)nc(N)n1. The van der Waals surface area contributed by atoms with Gasteiger partial charge in [0.25, 0.3) is 0 Å². The summed E-state index contributed by atoms with van der Waals surface area (Å²) < 4.78 is 0. The number of piperidine rings is 1. The summed E-state index contributed by atoms with van der Waals surface area (Å²) in [6.45, 7) is 6.07. The molecule has 23 heavy (non-hydrogen) atoms. The van der Waals surface area contributed by atoms with E-state index in [4.69, 9.17) is 5.73 Å². The second-order valence-electron chi connectivity index (χ2n) is 6.18. The van der Waals surface area contributed by atoms with E-state index in [0.717, 1.165) is 43.3 Å². The number of nitrogen functional groups attached to an aromatic ring is 1. The van der Waals surface area contributed by atoms with Gasteiger partial charge in [-0.2, -0.15) is 4.98 Å². The van der Waals surface area contributed by atoms with E-state index in [1.54, 1.807) is 12.4 Å². The number of hydrogen-bond acceptors (Lipinski definition) is 7. The first-order chi connectivity index (χ1) is 11.1. The lowest BCUT2D eigenvalue weighted by atomic mass is 10.1. The lowest BCUT2D eigenvalue weighted by Gasteiger charge is -2.34. The Morgan fingerprint density at radius 1 is 1.30 bits per heavy atom. The van der Waals surface area contributed by atoms with E-state index < -0.39 is 0 Å². The average molecular weight is 313 g/mol. The number of nitrogens with one attached hydrogen (secondary N) is 1. The van der Waals surface area contributed by atoms with Crippen molar-refractivity contribution < 1.29 is 0 Å². The Hall–Kier alpha value is -2.44. The van der Waals surface area contributed by atoms with E-state index in [9.17, 15) is 0 Å². The standard InChI is InChI=1S/C16H23N7/c1-11(2)13-8-14(22-16(17)21-13)20-12-4-3-7-23(10-12)15-9-18-5-6-19-15/h5-6,8-9,11-12H,3-4,7,10H2,1-2H3,(H3,17,20,21,22)/t12-/m1/s1. The summed E-state index contributed by atoms with van der Waals surface area (Å²) in [6, 6.07) is 2.29. The van der Waals surface area contributed by atoms with E-state index in [2.05, 4.69) is 44.0 Å². The largest absolute Gasteiger partial charge is 0.368 e. The van der Waals surface area contributed by atoms with Crippen LogP contribution in [0.25, 0.3) is 0 Å². The zero-order valence-corrected chi connectivity index (χ0v) is 13.6. The lowest BCUT2D eigenvalue weighted by Crippen LogP contribution is -2.42. The fourth-order valence-electron chi connectivity index (χ4n) is 2.82. The van der Waals surface area contributed by atoms with Crippen molar-refractivity contribution in [2.45, 2.75) is 38.6 Å². The normalized spacial score (nSPS) is 18.2. The van der Waals surface area contributed by atoms with E-state index in [1.807, 2.05) is 12.3 Å². The Morgan fingerprint density at radius 3 is 2.91 bits per heavy atom. The first kappa shape index (κ1) is 15.5. The van der Waals surface area contributed by atoms with Gasteiger partial charge in [0, 0.05) is 37.6 Å². The molecule has 0 radical (unpaired) electrons. The maximum atomic E-state index is 5.83. The molecule has 0 bridgehead atoms. The first-order valence-electron chi connectivity index (χ1n) is 8.04. The fraction of sp³-hybridized carbons (Fsp3) is 0.500. The Bertz CT molecular complexity index is 644. The van der Waals surface area contributed by atoms with Crippen LogP contribution in [-0.4, -0.2) is 39.1 Å². The van der Waals surface area contributed by atoms with Crippen molar-refractivity contribution in [2.75, 3.05) is 29.0 Å². The summed E-state index contributed by atoms with van der Waals surface area (Å²) in [6.07, 6.45) is 7.43. The van der Waals surface area contributed by atoms with Crippen molar-refractivity contribution in [3.8, 4) is 0 Å². The van der Waals surface area contributed by atoms with Gasteiger partial charge in [-0.05, 0) is 18.8 Å². The van der Waals surface area contributed by atoms with E-state index in [0.29, 0.717) is 17.9 Å². The molecule has 0 unspecified atom stereocenters.